The van der Waals surface area contributed by atoms with Crippen LogP contribution in [-0.4, -0.2) is 24.5 Å². The van der Waals surface area contributed by atoms with Gasteiger partial charge in [0.2, 0.25) is 5.91 Å². The van der Waals surface area contributed by atoms with Gasteiger partial charge in [-0.15, -0.1) is 11.6 Å². The fourth-order valence-corrected chi connectivity index (χ4v) is 2.58. The van der Waals surface area contributed by atoms with Gasteiger partial charge in [0.1, 0.15) is 6.10 Å². The fraction of sp³-hybridized carbons (Fsp3) is 0.533. The van der Waals surface area contributed by atoms with E-state index >= 15 is 0 Å². The van der Waals surface area contributed by atoms with Crippen molar-refractivity contribution in [3.63, 3.8) is 0 Å². The quantitative estimate of drug-likeness (QED) is 0.862. The summed E-state index contributed by atoms with van der Waals surface area (Å²) in [5, 5.41) is 3.04. The largest absolute Gasteiger partial charge is 0.368 e. The van der Waals surface area contributed by atoms with Crippen LogP contribution in [0, 0.1) is 5.92 Å². The maximum Gasteiger partial charge on any atom is 0.250 e. The highest BCUT2D eigenvalue weighted by Crippen LogP contribution is 2.25. The summed E-state index contributed by atoms with van der Waals surface area (Å²) in [5.74, 6) is 0.511. The van der Waals surface area contributed by atoms with Crippen molar-refractivity contribution in [2.45, 2.75) is 31.9 Å². The molecule has 2 rings (SSSR count). The number of nitrogens with one attached hydrogen (secondary N) is 1. The van der Waals surface area contributed by atoms with E-state index < -0.39 is 5.54 Å². The predicted molar refractivity (Wildman–Crippen MR) is 76.2 cm³/mol. The van der Waals surface area contributed by atoms with Gasteiger partial charge in [-0.2, -0.15) is 0 Å². The molecule has 3 atom stereocenters. The average Bonchev–Trinajstić information content (AvgIpc) is 2.86. The minimum atomic E-state index is -0.564. The molecule has 1 aromatic rings. The summed E-state index contributed by atoms with van der Waals surface area (Å²) in [4.78, 5) is 12.3. The fourth-order valence-electron chi connectivity index (χ4n) is 2.36. The molecule has 19 heavy (non-hydrogen) atoms. The number of carbonyl (C=O) groups excluding carboxylic acids is 1. The lowest BCUT2D eigenvalue weighted by atomic mass is 9.93. The van der Waals surface area contributed by atoms with Crippen molar-refractivity contribution in [2.75, 3.05) is 12.5 Å². The molecular weight excluding hydrogens is 262 g/mol. The Kier molecular flexibility index (Phi) is 4.48. The zero-order chi connectivity index (χ0) is 13.9. The van der Waals surface area contributed by atoms with Gasteiger partial charge < -0.3 is 10.1 Å². The number of halogens is 1. The highest BCUT2D eigenvalue weighted by molar-refractivity contribution is 6.18. The maximum absolute atomic E-state index is 12.3. The van der Waals surface area contributed by atoms with E-state index in [9.17, 15) is 4.79 Å². The van der Waals surface area contributed by atoms with Crippen LogP contribution in [0.3, 0.4) is 0 Å². The van der Waals surface area contributed by atoms with Crippen LogP contribution in [0.5, 0.6) is 0 Å². The monoisotopic (exact) mass is 281 g/mol. The molecule has 1 saturated heterocycles. The van der Waals surface area contributed by atoms with E-state index in [1.165, 1.54) is 0 Å². The second-order valence-corrected chi connectivity index (χ2v) is 5.65. The molecular formula is C15H20ClNO2. The number of rotatable bonds is 4. The number of ether oxygens (including phenoxy) is 1. The molecule has 1 aromatic carbocycles. The van der Waals surface area contributed by atoms with Gasteiger partial charge in [0.25, 0.3) is 0 Å². The highest BCUT2D eigenvalue weighted by atomic mass is 35.5. The molecule has 1 amide bonds. The zero-order valence-corrected chi connectivity index (χ0v) is 12.1. The van der Waals surface area contributed by atoms with E-state index in [0.717, 1.165) is 12.0 Å². The standard InChI is InChI=1S/C15H20ClNO2/c1-11-8-9-19-13(11)14(18)17-15(2,10-16)12-6-4-3-5-7-12/h3-7,11,13H,8-10H2,1-2H3,(H,17,18). The van der Waals surface area contributed by atoms with Crippen molar-refractivity contribution in [2.24, 2.45) is 5.92 Å². The molecule has 0 aromatic heterocycles. The van der Waals surface area contributed by atoms with Crippen LogP contribution in [0.15, 0.2) is 30.3 Å². The number of benzene rings is 1. The Labute approximate surface area is 119 Å². The van der Waals surface area contributed by atoms with Crippen LogP contribution >= 0.6 is 11.6 Å². The number of alkyl halides is 1. The van der Waals surface area contributed by atoms with Crippen LogP contribution < -0.4 is 5.32 Å². The van der Waals surface area contributed by atoms with Crippen LogP contribution in [0.1, 0.15) is 25.8 Å². The average molecular weight is 282 g/mol. The molecule has 4 heteroatoms. The van der Waals surface area contributed by atoms with Crippen molar-refractivity contribution in [3.8, 4) is 0 Å². The summed E-state index contributed by atoms with van der Waals surface area (Å²) >= 11 is 6.07. The summed E-state index contributed by atoms with van der Waals surface area (Å²) < 4.78 is 5.50. The predicted octanol–water partition coefficient (Wildman–Crippen LogP) is 2.68. The van der Waals surface area contributed by atoms with E-state index in [4.69, 9.17) is 16.3 Å². The second kappa shape index (κ2) is 5.93. The maximum atomic E-state index is 12.3. The molecule has 0 bridgehead atoms. The molecule has 104 valence electrons. The van der Waals surface area contributed by atoms with Gasteiger partial charge in [-0.05, 0) is 24.8 Å². The first-order valence-electron chi connectivity index (χ1n) is 6.62. The smallest absolute Gasteiger partial charge is 0.250 e. The van der Waals surface area contributed by atoms with Gasteiger partial charge >= 0.3 is 0 Å². The first-order chi connectivity index (χ1) is 9.07. The first-order valence-corrected chi connectivity index (χ1v) is 7.15. The van der Waals surface area contributed by atoms with Crippen LogP contribution in [-0.2, 0) is 15.1 Å². The van der Waals surface area contributed by atoms with E-state index in [1.807, 2.05) is 44.2 Å². The summed E-state index contributed by atoms with van der Waals surface area (Å²) in [6.07, 6.45) is 0.576. The molecule has 0 spiro atoms. The Morgan fingerprint density at radius 2 is 2.16 bits per heavy atom. The van der Waals surface area contributed by atoms with Gasteiger partial charge in [0.15, 0.2) is 0 Å². The molecule has 3 unspecified atom stereocenters. The Morgan fingerprint density at radius 1 is 1.47 bits per heavy atom. The molecule has 1 N–H and O–H groups in total. The molecule has 1 aliphatic heterocycles. The van der Waals surface area contributed by atoms with Crippen molar-refractivity contribution in [3.05, 3.63) is 35.9 Å². The topological polar surface area (TPSA) is 38.3 Å². The highest BCUT2D eigenvalue weighted by Gasteiger charge is 2.35. The lowest BCUT2D eigenvalue weighted by Crippen LogP contribution is -2.50. The molecule has 1 heterocycles. The number of hydrogen-bond donors (Lipinski definition) is 1. The second-order valence-electron chi connectivity index (χ2n) is 5.38. The Morgan fingerprint density at radius 3 is 2.68 bits per heavy atom. The van der Waals surface area contributed by atoms with Gasteiger partial charge in [-0.3, -0.25) is 4.79 Å². The molecule has 1 aliphatic rings. The van der Waals surface area contributed by atoms with E-state index in [2.05, 4.69) is 5.32 Å². The van der Waals surface area contributed by atoms with Crippen molar-refractivity contribution >= 4 is 17.5 Å². The summed E-state index contributed by atoms with van der Waals surface area (Å²) in [7, 11) is 0. The lowest BCUT2D eigenvalue weighted by molar-refractivity contribution is -0.133. The SMILES string of the molecule is CC1CCOC1C(=O)NC(C)(CCl)c1ccccc1. The van der Waals surface area contributed by atoms with E-state index in [1.54, 1.807) is 0 Å². The molecule has 0 saturated carbocycles. The Balaban J connectivity index is 2.12. The van der Waals surface area contributed by atoms with Crippen molar-refractivity contribution in [1.29, 1.82) is 0 Å². The Hall–Kier alpha value is -1.06. The third-order valence-electron chi connectivity index (χ3n) is 3.72. The molecule has 0 aliphatic carbocycles. The summed E-state index contributed by atoms with van der Waals surface area (Å²) in [6.45, 7) is 4.63. The van der Waals surface area contributed by atoms with E-state index in [0.29, 0.717) is 12.5 Å². The minimum absolute atomic E-state index is 0.0722. The number of hydrogen-bond acceptors (Lipinski definition) is 2. The van der Waals surface area contributed by atoms with Gasteiger partial charge in [0, 0.05) is 12.5 Å². The van der Waals surface area contributed by atoms with Gasteiger partial charge in [-0.25, -0.2) is 0 Å². The third kappa shape index (κ3) is 3.10. The lowest BCUT2D eigenvalue weighted by Gasteiger charge is -2.31. The third-order valence-corrected chi connectivity index (χ3v) is 4.26. The summed E-state index contributed by atoms with van der Waals surface area (Å²) in [6, 6.07) is 9.79. The first kappa shape index (κ1) is 14.4. The summed E-state index contributed by atoms with van der Waals surface area (Å²) in [5.41, 5.74) is 0.440. The zero-order valence-electron chi connectivity index (χ0n) is 11.4. The minimum Gasteiger partial charge on any atom is -0.368 e. The van der Waals surface area contributed by atoms with Crippen molar-refractivity contribution in [1.82, 2.24) is 5.32 Å². The van der Waals surface area contributed by atoms with E-state index in [-0.39, 0.29) is 17.9 Å². The normalized spacial score (nSPS) is 25.8. The molecule has 1 fully saturated rings. The van der Waals surface area contributed by atoms with Crippen LogP contribution in [0.25, 0.3) is 0 Å². The van der Waals surface area contributed by atoms with Crippen molar-refractivity contribution < 1.29 is 9.53 Å². The van der Waals surface area contributed by atoms with Crippen LogP contribution in [0.4, 0.5) is 0 Å². The number of carbonyl (C=O) groups is 1. The van der Waals surface area contributed by atoms with Crippen LogP contribution in [0.2, 0.25) is 0 Å². The van der Waals surface area contributed by atoms with Gasteiger partial charge in [0.05, 0.1) is 5.54 Å². The van der Waals surface area contributed by atoms with Gasteiger partial charge in [-0.1, -0.05) is 37.3 Å². The Bertz CT molecular complexity index is 437. The molecule has 0 radical (unpaired) electrons. The number of amides is 1. The molecule has 3 nitrogen and oxygen atoms in total.